The highest BCUT2D eigenvalue weighted by atomic mass is 32.1. The molecule has 6 heteroatoms. The molecule has 0 radical (unpaired) electrons. The van der Waals surface area contributed by atoms with E-state index < -0.39 is 11.9 Å². The number of amides is 1. The highest BCUT2D eigenvalue weighted by molar-refractivity contribution is 7.16. The van der Waals surface area contributed by atoms with Crippen molar-refractivity contribution in [3.05, 3.63) is 45.8 Å². The van der Waals surface area contributed by atoms with Gasteiger partial charge in [-0.3, -0.25) is 4.79 Å². The number of hydrogen-bond acceptors (Lipinski definition) is 4. The first-order chi connectivity index (χ1) is 9.92. The summed E-state index contributed by atoms with van der Waals surface area (Å²) in [4.78, 5) is 24.2. The smallest absolute Gasteiger partial charge is 0.338 e. The second-order valence-corrected chi connectivity index (χ2v) is 5.73. The molecular formula is C15H15NO4S. The predicted octanol–water partition coefficient (Wildman–Crippen LogP) is 3.28. The van der Waals surface area contributed by atoms with Crippen molar-refractivity contribution in [3.63, 3.8) is 0 Å². The summed E-state index contributed by atoms with van der Waals surface area (Å²) in [6, 6.07) is 6.25. The first kappa shape index (κ1) is 15.1. The number of thiophene rings is 1. The number of carbonyl (C=O) groups excluding carboxylic acids is 1. The van der Waals surface area contributed by atoms with Crippen LogP contribution in [0.3, 0.4) is 0 Å². The van der Waals surface area contributed by atoms with E-state index in [0.29, 0.717) is 6.42 Å². The number of aromatic carboxylic acids is 1. The Balaban J connectivity index is 2.31. The average Bonchev–Trinajstić information content (AvgIpc) is 2.81. The Morgan fingerprint density at radius 1 is 1.24 bits per heavy atom. The zero-order valence-electron chi connectivity index (χ0n) is 11.6. The molecule has 110 valence electrons. The van der Waals surface area contributed by atoms with Gasteiger partial charge in [0.1, 0.15) is 10.8 Å². The minimum atomic E-state index is -1.09. The van der Waals surface area contributed by atoms with Crippen LogP contribution in [0.4, 0.5) is 5.00 Å². The number of carbonyl (C=O) groups is 2. The van der Waals surface area contributed by atoms with E-state index in [0.717, 1.165) is 10.4 Å². The second-order valence-electron chi connectivity index (χ2n) is 4.59. The molecule has 1 heterocycles. The number of aromatic hydroxyl groups is 1. The fraction of sp³-hybridized carbons (Fsp3) is 0.200. The lowest BCUT2D eigenvalue weighted by Gasteiger charge is -2.06. The topological polar surface area (TPSA) is 86.6 Å². The van der Waals surface area contributed by atoms with Gasteiger partial charge >= 0.3 is 5.97 Å². The number of phenolic OH excluding ortho intramolecular Hbond substituents is 1. The highest BCUT2D eigenvalue weighted by Crippen LogP contribution is 2.30. The minimum absolute atomic E-state index is 0.0665. The van der Waals surface area contributed by atoms with Crippen molar-refractivity contribution in [3.8, 4) is 5.75 Å². The van der Waals surface area contributed by atoms with Crippen molar-refractivity contribution < 1.29 is 19.8 Å². The van der Waals surface area contributed by atoms with Gasteiger partial charge in [-0.1, -0.05) is 13.0 Å². The normalized spacial score (nSPS) is 10.4. The van der Waals surface area contributed by atoms with Crippen molar-refractivity contribution in [1.29, 1.82) is 0 Å². The third-order valence-electron chi connectivity index (χ3n) is 2.99. The van der Waals surface area contributed by atoms with Crippen LogP contribution in [0.5, 0.6) is 5.75 Å². The molecule has 0 saturated carbocycles. The van der Waals surface area contributed by atoms with E-state index in [-0.39, 0.29) is 21.9 Å². The number of benzene rings is 1. The Bertz CT molecular complexity index is 706. The number of hydrogen-bond donors (Lipinski definition) is 3. The molecule has 0 unspecified atom stereocenters. The molecule has 1 aromatic heterocycles. The Morgan fingerprint density at radius 2 is 1.95 bits per heavy atom. The van der Waals surface area contributed by atoms with Crippen molar-refractivity contribution in [1.82, 2.24) is 0 Å². The number of rotatable bonds is 4. The van der Waals surface area contributed by atoms with Crippen LogP contribution < -0.4 is 5.32 Å². The summed E-state index contributed by atoms with van der Waals surface area (Å²) >= 11 is 1.23. The number of nitrogens with one attached hydrogen (secondary N) is 1. The molecule has 1 amide bonds. The summed E-state index contributed by atoms with van der Waals surface area (Å²) in [7, 11) is 0. The molecule has 2 rings (SSSR count). The van der Waals surface area contributed by atoms with Crippen LogP contribution in [0.25, 0.3) is 0 Å². The second kappa shape index (κ2) is 5.97. The average molecular weight is 305 g/mol. The zero-order valence-corrected chi connectivity index (χ0v) is 12.5. The Labute approximate surface area is 125 Å². The quantitative estimate of drug-likeness (QED) is 0.809. The molecule has 3 N–H and O–H groups in total. The third kappa shape index (κ3) is 3.22. The number of carboxylic acids is 1. The van der Waals surface area contributed by atoms with Crippen LogP contribution in [-0.2, 0) is 6.42 Å². The summed E-state index contributed by atoms with van der Waals surface area (Å²) in [5.41, 5.74) is 1.01. The van der Waals surface area contributed by atoms with Gasteiger partial charge < -0.3 is 15.5 Å². The molecule has 1 aromatic carbocycles. The van der Waals surface area contributed by atoms with Crippen molar-refractivity contribution in [2.45, 2.75) is 20.3 Å². The van der Waals surface area contributed by atoms with Gasteiger partial charge in [-0.05, 0) is 37.1 Å². The van der Waals surface area contributed by atoms with Crippen LogP contribution >= 0.6 is 11.3 Å². The molecule has 0 aliphatic carbocycles. The summed E-state index contributed by atoms with van der Waals surface area (Å²) in [6.07, 6.45) is 0.691. The summed E-state index contributed by atoms with van der Waals surface area (Å²) in [6.45, 7) is 3.71. The van der Waals surface area contributed by atoms with Crippen LogP contribution in [0.2, 0.25) is 0 Å². The Hall–Kier alpha value is -2.34. The van der Waals surface area contributed by atoms with Crippen LogP contribution in [0.15, 0.2) is 24.3 Å². The lowest BCUT2D eigenvalue weighted by atomic mass is 10.1. The van der Waals surface area contributed by atoms with E-state index in [1.807, 2.05) is 6.92 Å². The molecule has 21 heavy (non-hydrogen) atoms. The van der Waals surface area contributed by atoms with Gasteiger partial charge in [-0.2, -0.15) is 0 Å². The molecule has 2 aromatic rings. The highest BCUT2D eigenvalue weighted by Gasteiger charge is 2.19. The van der Waals surface area contributed by atoms with E-state index in [1.165, 1.54) is 23.5 Å². The lowest BCUT2D eigenvalue weighted by molar-refractivity contribution is 0.0698. The maximum absolute atomic E-state index is 12.2. The molecule has 0 aliphatic heterocycles. The Kier molecular flexibility index (Phi) is 4.28. The van der Waals surface area contributed by atoms with Gasteiger partial charge in [-0.15, -0.1) is 11.3 Å². The minimum Gasteiger partial charge on any atom is -0.507 e. The lowest BCUT2D eigenvalue weighted by Crippen LogP contribution is -2.13. The standard InChI is InChI=1S/C15H15NO4S/c1-3-9-7-11(15(19)20)14(21-9)16-13(18)10-5-4-8(2)6-12(10)17/h4-7,17H,3H2,1-2H3,(H,16,18)(H,19,20). The molecule has 0 bridgehead atoms. The molecule has 0 saturated heterocycles. The molecule has 0 atom stereocenters. The SMILES string of the molecule is CCc1cc(C(=O)O)c(NC(=O)c2ccc(C)cc2O)s1. The fourth-order valence-electron chi connectivity index (χ4n) is 1.87. The maximum Gasteiger partial charge on any atom is 0.338 e. The monoisotopic (exact) mass is 305 g/mol. The van der Waals surface area contributed by atoms with E-state index in [9.17, 15) is 14.7 Å². The summed E-state index contributed by atoms with van der Waals surface area (Å²) in [5, 5.41) is 21.8. The first-order valence-corrected chi connectivity index (χ1v) is 7.21. The van der Waals surface area contributed by atoms with Gasteiger partial charge in [0.05, 0.1) is 11.1 Å². The van der Waals surface area contributed by atoms with Gasteiger partial charge in [-0.25, -0.2) is 4.79 Å². The van der Waals surface area contributed by atoms with E-state index in [1.54, 1.807) is 19.1 Å². The van der Waals surface area contributed by atoms with Crippen molar-refractivity contribution in [2.24, 2.45) is 0 Å². The van der Waals surface area contributed by atoms with Gasteiger partial charge in [0, 0.05) is 4.88 Å². The summed E-state index contributed by atoms with van der Waals surface area (Å²) in [5.74, 6) is -1.74. The number of anilines is 1. The van der Waals surface area contributed by atoms with E-state index >= 15 is 0 Å². The maximum atomic E-state index is 12.2. The number of aryl methyl sites for hydroxylation is 2. The van der Waals surface area contributed by atoms with Crippen LogP contribution in [0.1, 0.15) is 38.1 Å². The van der Waals surface area contributed by atoms with E-state index in [2.05, 4.69) is 5.32 Å². The number of carboxylic acid groups (broad SMARTS) is 1. The molecule has 5 nitrogen and oxygen atoms in total. The Morgan fingerprint density at radius 3 is 2.52 bits per heavy atom. The number of phenols is 1. The van der Waals surface area contributed by atoms with Crippen LogP contribution in [0, 0.1) is 6.92 Å². The molecule has 0 spiro atoms. The van der Waals surface area contributed by atoms with Crippen molar-refractivity contribution >= 4 is 28.2 Å². The van der Waals surface area contributed by atoms with Crippen molar-refractivity contribution in [2.75, 3.05) is 5.32 Å². The largest absolute Gasteiger partial charge is 0.507 e. The zero-order chi connectivity index (χ0) is 15.6. The predicted molar refractivity (Wildman–Crippen MR) is 81.5 cm³/mol. The van der Waals surface area contributed by atoms with Crippen LogP contribution in [-0.4, -0.2) is 22.1 Å². The first-order valence-electron chi connectivity index (χ1n) is 6.39. The third-order valence-corrected chi connectivity index (χ3v) is 4.18. The van der Waals surface area contributed by atoms with Gasteiger partial charge in [0.2, 0.25) is 0 Å². The molecular weight excluding hydrogens is 290 g/mol. The van der Waals surface area contributed by atoms with Gasteiger partial charge in [0.15, 0.2) is 0 Å². The van der Waals surface area contributed by atoms with E-state index in [4.69, 9.17) is 5.11 Å². The summed E-state index contributed by atoms with van der Waals surface area (Å²) < 4.78 is 0. The molecule has 0 aliphatic rings. The molecule has 0 fully saturated rings. The fourth-order valence-corrected chi connectivity index (χ4v) is 2.86. The van der Waals surface area contributed by atoms with Gasteiger partial charge in [0.25, 0.3) is 5.91 Å².